The van der Waals surface area contributed by atoms with Crippen molar-refractivity contribution in [3.8, 4) is 11.5 Å². The number of rotatable bonds is 4. The molecule has 0 radical (unpaired) electrons. The molecule has 2 aromatic carbocycles. The largest absolute Gasteiger partial charge is 0.454 e. The summed E-state index contributed by atoms with van der Waals surface area (Å²) in [5, 5.41) is 11.3. The summed E-state index contributed by atoms with van der Waals surface area (Å²) in [6.45, 7) is 0.769. The Morgan fingerprint density at radius 3 is 2.55 bits per heavy atom. The monoisotopic (exact) mass is 414 g/mol. The molecule has 1 fully saturated rings. The summed E-state index contributed by atoms with van der Waals surface area (Å²) < 4.78 is 62.3. The van der Waals surface area contributed by atoms with Gasteiger partial charge in [0, 0.05) is 18.7 Å². The third-order valence-corrected chi connectivity index (χ3v) is 4.13. The molecule has 0 spiro atoms. The first-order valence-corrected chi connectivity index (χ1v) is 8.37. The number of alkyl halides is 3. The quantitative estimate of drug-likeness (QED) is 0.422. The van der Waals surface area contributed by atoms with E-state index in [-0.39, 0.29) is 24.1 Å². The first-order valence-electron chi connectivity index (χ1n) is 8.37. The van der Waals surface area contributed by atoms with E-state index in [0.29, 0.717) is 25.6 Å². The third kappa shape index (κ3) is 4.62. The van der Waals surface area contributed by atoms with Gasteiger partial charge in [-0.3, -0.25) is 14.9 Å². The number of hydrogen-bond acceptors (Lipinski definition) is 5. The Balaban J connectivity index is 1.91. The van der Waals surface area contributed by atoms with Gasteiger partial charge in [0.1, 0.15) is 18.0 Å². The number of benzene rings is 2. The molecule has 0 bridgehead atoms. The van der Waals surface area contributed by atoms with Crippen LogP contribution in [0.15, 0.2) is 36.4 Å². The minimum absolute atomic E-state index is 0.0331. The second-order valence-corrected chi connectivity index (χ2v) is 6.14. The molecular weight excluding hydrogens is 400 g/mol. The van der Waals surface area contributed by atoms with Crippen molar-refractivity contribution in [3.05, 3.63) is 63.5 Å². The predicted octanol–water partition coefficient (Wildman–Crippen LogP) is 4.37. The highest BCUT2D eigenvalue weighted by molar-refractivity contribution is 5.98. The van der Waals surface area contributed by atoms with Crippen molar-refractivity contribution in [2.24, 2.45) is 0 Å². The smallest absolute Gasteiger partial charge is 0.416 e. The molecule has 7 nitrogen and oxygen atoms in total. The fraction of sp³-hybridized carbons (Fsp3) is 0.278. The normalized spacial score (nSPS) is 14.6. The van der Waals surface area contributed by atoms with Gasteiger partial charge in [-0.25, -0.2) is 4.39 Å². The average molecular weight is 414 g/mol. The molecule has 1 aliphatic rings. The number of nitro benzene ring substituents is 1. The van der Waals surface area contributed by atoms with E-state index in [0.717, 1.165) is 24.3 Å². The highest BCUT2D eigenvalue weighted by Crippen LogP contribution is 2.34. The topological polar surface area (TPSA) is 81.9 Å². The summed E-state index contributed by atoms with van der Waals surface area (Å²) in [6, 6.07) is 4.89. The summed E-state index contributed by atoms with van der Waals surface area (Å²) in [5.74, 6) is -2.60. The van der Waals surface area contributed by atoms with Crippen molar-refractivity contribution in [1.82, 2.24) is 4.90 Å². The van der Waals surface area contributed by atoms with Crippen molar-refractivity contribution in [1.29, 1.82) is 0 Å². The van der Waals surface area contributed by atoms with E-state index < -0.39 is 39.8 Å². The second-order valence-electron chi connectivity index (χ2n) is 6.14. The lowest BCUT2D eigenvalue weighted by Gasteiger charge is -2.26. The zero-order valence-electron chi connectivity index (χ0n) is 14.7. The molecule has 29 heavy (non-hydrogen) atoms. The lowest BCUT2D eigenvalue weighted by Crippen LogP contribution is -2.38. The number of halogens is 4. The Labute approximate surface area is 161 Å². The molecule has 1 saturated heterocycles. The van der Waals surface area contributed by atoms with Crippen molar-refractivity contribution in [2.75, 3.05) is 19.9 Å². The van der Waals surface area contributed by atoms with E-state index in [1.807, 2.05) is 0 Å². The predicted molar refractivity (Wildman–Crippen MR) is 91.0 cm³/mol. The molecule has 0 atom stereocenters. The van der Waals surface area contributed by atoms with E-state index in [1.165, 1.54) is 4.90 Å². The summed E-state index contributed by atoms with van der Waals surface area (Å²) in [4.78, 5) is 24.4. The van der Waals surface area contributed by atoms with Crippen LogP contribution in [0.4, 0.5) is 23.2 Å². The molecule has 0 aromatic heterocycles. The van der Waals surface area contributed by atoms with Gasteiger partial charge in [0.05, 0.1) is 17.1 Å². The van der Waals surface area contributed by atoms with Crippen molar-refractivity contribution in [2.45, 2.75) is 12.6 Å². The van der Waals surface area contributed by atoms with Gasteiger partial charge in [-0.15, -0.1) is 0 Å². The molecule has 154 valence electrons. The van der Waals surface area contributed by atoms with Gasteiger partial charge >= 0.3 is 6.18 Å². The number of carbonyl (C=O) groups is 1. The lowest BCUT2D eigenvalue weighted by molar-refractivity contribution is -0.385. The van der Waals surface area contributed by atoms with Crippen LogP contribution in [0.2, 0.25) is 0 Å². The molecule has 0 N–H and O–H groups in total. The van der Waals surface area contributed by atoms with E-state index in [1.54, 1.807) is 0 Å². The maximum atomic E-state index is 14.0. The number of carbonyl (C=O) groups excluding carboxylic acids is 1. The van der Waals surface area contributed by atoms with Crippen LogP contribution in [0.25, 0.3) is 0 Å². The van der Waals surface area contributed by atoms with Crippen LogP contribution in [0.3, 0.4) is 0 Å². The minimum Gasteiger partial charge on any atom is -0.454 e. The van der Waals surface area contributed by atoms with Crippen LogP contribution in [0.5, 0.6) is 11.5 Å². The second kappa shape index (κ2) is 8.03. The number of ether oxygens (including phenoxy) is 2. The molecule has 0 aliphatic carbocycles. The Morgan fingerprint density at radius 2 is 1.97 bits per heavy atom. The molecule has 0 saturated carbocycles. The lowest BCUT2D eigenvalue weighted by atomic mass is 10.1. The molecule has 0 unspecified atom stereocenters. The van der Waals surface area contributed by atoms with Gasteiger partial charge in [0.2, 0.25) is 0 Å². The number of nitrogens with zero attached hydrogens (tertiary/aromatic N) is 2. The van der Waals surface area contributed by atoms with Crippen LogP contribution in [-0.4, -0.2) is 35.6 Å². The number of amides is 1. The van der Waals surface area contributed by atoms with Crippen molar-refractivity contribution < 1.29 is 36.8 Å². The van der Waals surface area contributed by atoms with E-state index >= 15 is 0 Å². The average Bonchev–Trinajstić information content (AvgIpc) is 2.68. The minimum atomic E-state index is -4.72. The highest BCUT2D eigenvalue weighted by atomic mass is 19.4. The Kier molecular flexibility index (Phi) is 5.69. The highest BCUT2D eigenvalue weighted by Gasteiger charge is 2.31. The summed E-state index contributed by atoms with van der Waals surface area (Å²) in [7, 11) is 0. The standard InChI is InChI=1S/C18H14F4N2O5/c19-14-8-11(18(20,21)22)2-5-16(14)29-12-3-4-15(24(26)27)13(9-12)17(25)23-6-1-7-28-10-23/h2-5,8-9H,1,6-7,10H2. The van der Waals surface area contributed by atoms with E-state index in [4.69, 9.17) is 9.47 Å². The molecule has 1 aliphatic heterocycles. The summed E-state index contributed by atoms with van der Waals surface area (Å²) >= 11 is 0. The maximum absolute atomic E-state index is 14.0. The fourth-order valence-corrected chi connectivity index (χ4v) is 2.72. The van der Waals surface area contributed by atoms with Gasteiger partial charge in [-0.2, -0.15) is 13.2 Å². The SMILES string of the molecule is O=C(c1cc(Oc2ccc(C(F)(F)F)cc2F)ccc1[N+](=O)[O-])N1CCCOC1. The Hall–Kier alpha value is -3.21. The van der Waals surface area contributed by atoms with Crippen molar-refractivity contribution in [3.63, 3.8) is 0 Å². The molecule has 11 heteroatoms. The molecule has 1 heterocycles. The van der Waals surface area contributed by atoms with E-state index in [2.05, 4.69) is 0 Å². The molecule has 1 amide bonds. The zero-order chi connectivity index (χ0) is 21.2. The van der Waals surface area contributed by atoms with Gasteiger partial charge in [-0.1, -0.05) is 0 Å². The first kappa shape index (κ1) is 20.5. The molecular formula is C18H14F4N2O5. The van der Waals surface area contributed by atoms with E-state index in [9.17, 15) is 32.5 Å². The number of hydrogen-bond donors (Lipinski definition) is 0. The summed E-state index contributed by atoms with van der Waals surface area (Å²) in [5.41, 5.74) is -1.97. The van der Waals surface area contributed by atoms with Crippen LogP contribution < -0.4 is 4.74 Å². The van der Waals surface area contributed by atoms with Gasteiger partial charge in [0.15, 0.2) is 11.6 Å². The maximum Gasteiger partial charge on any atom is 0.416 e. The zero-order valence-corrected chi connectivity index (χ0v) is 14.7. The van der Waals surface area contributed by atoms with Crippen molar-refractivity contribution >= 4 is 11.6 Å². The summed E-state index contributed by atoms with van der Waals surface area (Å²) in [6.07, 6.45) is -4.16. The van der Waals surface area contributed by atoms with Gasteiger partial charge in [0.25, 0.3) is 11.6 Å². The molecule has 3 rings (SSSR count). The third-order valence-electron chi connectivity index (χ3n) is 4.13. The van der Waals surface area contributed by atoms with Crippen LogP contribution >= 0.6 is 0 Å². The Morgan fingerprint density at radius 1 is 1.21 bits per heavy atom. The first-order chi connectivity index (χ1) is 13.7. The fourth-order valence-electron chi connectivity index (χ4n) is 2.72. The van der Waals surface area contributed by atoms with Crippen LogP contribution in [0, 0.1) is 15.9 Å². The Bertz CT molecular complexity index is 942. The van der Waals surface area contributed by atoms with Crippen LogP contribution in [-0.2, 0) is 10.9 Å². The molecule has 2 aromatic rings. The van der Waals surface area contributed by atoms with Gasteiger partial charge in [-0.05, 0) is 30.7 Å². The number of nitro groups is 1. The van der Waals surface area contributed by atoms with Gasteiger partial charge < -0.3 is 14.4 Å². The van der Waals surface area contributed by atoms with Crippen LogP contribution in [0.1, 0.15) is 22.3 Å².